The number of rotatable bonds is 3. The minimum atomic E-state index is -0.245. The zero-order valence-electron chi connectivity index (χ0n) is 11.0. The van der Waals surface area contributed by atoms with Gasteiger partial charge in [-0.25, -0.2) is 4.39 Å². The van der Waals surface area contributed by atoms with Gasteiger partial charge in [-0.3, -0.25) is 4.68 Å². The van der Waals surface area contributed by atoms with E-state index in [0.29, 0.717) is 17.1 Å². The van der Waals surface area contributed by atoms with Crippen LogP contribution in [0.2, 0.25) is 0 Å². The molecule has 0 fully saturated rings. The molecule has 0 aliphatic heterocycles. The third-order valence-corrected chi connectivity index (χ3v) is 3.07. The Hall–Kier alpha value is -1.84. The second-order valence-electron chi connectivity index (χ2n) is 4.57. The monoisotopic (exact) mass is 247 g/mol. The molecular weight excluding hydrogens is 229 g/mol. The molecule has 18 heavy (non-hydrogen) atoms. The number of hydrogen-bond acceptors (Lipinski definition) is 2. The van der Waals surface area contributed by atoms with Gasteiger partial charge in [-0.1, -0.05) is 19.4 Å². The first-order valence-corrected chi connectivity index (χ1v) is 6.12. The van der Waals surface area contributed by atoms with E-state index < -0.39 is 0 Å². The van der Waals surface area contributed by atoms with Crippen LogP contribution < -0.4 is 5.73 Å². The lowest BCUT2D eigenvalue weighted by Crippen LogP contribution is -1.99. The summed E-state index contributed by atoms with van der Waals surface area (Å²) in [6.45, 7) is 3.94. The Kier molecular flexibility index (Phi) is 3.36. The van der Waals surface area contributed by atoms with Crippen LogP contribution in [-0.4, -0.2) is 9.78 Å². The molecule has 0 aliphatic carbocycles. The summed E-state index contributed by atoms with van der Waals surface area (Å²) in [5.74, 6) is 0.372. The summed E-state index contributed by atoms with van der Waals surface area (Å²) in [4.78, 5) is 0. The van der Waals surface area contributed by atoms with E-state index in [-0.39, 0.29) is 5.82 Å². The minimum absolute atomic E-state index is 0.245. The molecule has 1 heterocycles. The molecule has 2 rings (SSSR count). The number of halogens is 1. The van der Waals surface area contributed by atoms with Gasteiger partial charge >= 0.3 is 0 Å². The summed E-state index contributed by atoms with van der Waals surface area (Å²) in [7, 11) is 1.78. The Balaban J connectivity index is 2.59. The summed E-state index contributed by atoms with van der Waals surface area (Å²) in [6.07, 6.45) is 1.76. The van der Waals surface area contributed by atoms with Crippen molar-refractivity contribution < 1.29 is 4.39 Å². The van der Waals surface area contributed by atoms with Gasteiger partial charge in [-0.15, -0.1) is 0 Å². The van der Waals surface area contributed by atoms with Crippen LogP contribution in [0.25, 0.3) is 11.3 Å². The van der Waals surface area contributed by atoms with Crippen LogP contribution >= 0.6 is 0 Å². The lowest BCUT2D eigenvalue weighted by Gasteiger charge is -2.04. The van der Waals surface area contributed by atoms with Gasteiger partial charge < -0.3 is 5.73 Å². The number of nitrogen functional groups attached to an aromatic ring is 1. The van der Waals surface area contributed by atoms with Crippen LogP contribution in [0, 0.1) is 12.7 Å². The van der Waals surface area contributed by atoms with Crippen molar-refractivity contribution in [1.82, 2.24) is 9.78 Å². The number of hydrogen-bond donors (Lipinski definition) is 1. The molecule has 0 saturated heterocycles. The maximum absolute atomic E-state index is 14.0. The first kappa shape index (κ1) is 12.6. The Morgan fingerprint density at radius 2 is 2.11 bits per heavy atom. The molecule has 2 aromatic rings. The fourth-order valence-electron chi connectivity index (χ4n) is 2.11. The average molecular weight is 247 g/mol. The molecule has 3 nitrogen and oxygen atoms in total. The zero-order valence-corrected chi connectivity index (χ0v) is 11.0. The van der Waals surface area contributed by atoms with E-state index >= 15 is 0 Å². The zero-order chi connectivity index (χ0) is 13.3. The lowest BCUT2D eigenvalue weighted by atomic mass is 10.0. The first-order valence-electron chi connectivity index (χ1n) is 6.12. The van der Waals surface area contributed by atoms with E-state index in [0.717, 1.165) is 24.0 Å². The van der Waals surface area contributed by atoms with Gasteiger partial charge in [0, 0.05) is 18.2 Å². The molecule has 4 heteroatoms. The predicted molar refractivity (Wildman–Crippen MR) is 71.7 cm³/mol. The average Bonchev–Trinajstić information content (AvgIpc) is 2.58. The van der Waals surface area contributed by atoms with Crippen LogP contribution in [0.3, 0.4) is 0 Å². The van der Waals surface area contributed by atoms with E-state index in [9.17, 15) is 4.39 Å². The highest BCUT2D eigenvalue weighted by Gasteiger charge is 2.17. The van der Waals surface area contributed by atoms with Gasteiger partial charge in [-0.2, -0.15) is 5.10 Å². The standard InChI is InChI=1S/C14H18FN3/c1-4-5-11-13(17-18(3)14(11)16)10-7-6-9(2)8-12(10)15/h6-8H,4-5,16H2,1-3H3. The van der Waals surface area contributed by atoms with Crippen LogP contribution in [-0.2, 0) is 13.5 Å². The second kappa shape index (κ2) is 4.80. The van der Waals surface area contributed by atoms with Crippen LogP contribution in [0.4, 0.5) is 10.2 Å². The van der Waals surface area contributed by atoms with Crippen LogP contribution in [0.1, 0.15) is 24.5 Å². The third kappa shape index (κ3) is 2.10. The lowest BCUT2D eigenvalue weighted by molar-refractivity contribution is 0.628. The van der Waals surface area contributed by atoms with Crippen LogP contribution in [0.5, 0.6) is 0 Å². The van der Waals surface area contributed by atoms with Crippen molar-refractivity contribution in [3.05, 3.63) is 35.1 Å². The molecule has 1 aromatic heterocycles. The fourth-order valence-corrected chi connectivity index (χ4v) is 2.11. The molecule has 0 aliphatic rings. The largest absolute Gasteiger partial charge is 0.384 e. The van der Waals surface area contributed by atoms with Gasteiger partial charge in [-0.05, 0) is 31.0 Å². The fraction of sp³-hybridized carbons (Fsp3) is 0.357. The summed E-state index contributed by atoms with van der Waals surface area (Å²) >= 11 is 0. The van der Waals surface area contributed by atoms with Crippen molar-refractivity contribution in [1.29, 1.82) is 0 Å². The normalized spacial score (nSPS) is 10.9. The summed E-state index contributed by atoms with van der Waals surface area (Å²) in [5.41, 5.74) is 9.00. The number of benzene rings is 1. The molecule has 0 amide bonds. The van der Waals surface area contributed by atoms with Gasteiger partial charge in [0.2, 0.25) is 0 Å². The van der Waals surface area contributed by atoms with Crippen molar-refractivity contribution in [3.63, 3.8) is 0 Å². The molecule has 0 atom stereocenters. The predicted octanol–water partition coefficient (Wildman–Crippen LogP) is 3.07. The molecule has 2 N–H and O–H groups in total. The summed E-state index contributed by atoms with van der Waals surface area (Å²) in [5, 5.41) is 4.34. The third-order valence-electron chi connectivity index (χ3n) is 3.07. The maximum Gasteiger partial charge on any atom is 0.132 e. The van der Waals surface area contributed by atoms with E-state index in [4.69, 9.17) is 5.73 Å². The van der Waals surface area contributed by atoms with Crippen molar-refractivity contribution in [2.75, 3.05) is 5.73 Å². The Bertz CT molecular complexity index is 573. The highest BCUT2D eigenvalue weighted by atomic mass is 19.1. The van der Waals surface area contributed by atoms with Gasteiger partial charge in [0.25, 0.3) is 0 Å². The van der Waals surface area contributed by atoms with E-state index in [2.05, 4.69) is 12.0 Å². The number of aryl methyl sites for hydroxylation is 2. The first-order chi connectivity index (χ1) is 8.54. The van der Waals surface area contributed by atoms with Crippen molar-refractivity contribution in [3.8, 4) is 11.3 Å². The topological polar surface area (TPSA) is 43.8 Å². The molecular formula is C14H18FN3. The van der Waals surface area contributed by atoms with Crippen molar-refractivity contribution in [2.45, 2.75) is 26.7 Å². The number of nitrogens with two attached hydrogens (primary N) is 1. The van der Waals surface area contributed by atoms with Gasteiger partial charge in [0.1, 0.15) is 17.3 Å². The molecule has 1 aromatic carbocycles. The number of aromatic nitrogens is 2. The van der Waals surface area contributed by atoms with Gasteiger partial charge in [0.15, 0.2) is 0 Å². The van der Waals surface area contributed by atoms with Crippen molar-refractivity contribution in [2.24, 2.45) is 7.05 Å². The molecule has 0 saturated carbocycles. The molecule has 0 radical (unpaired) electrons. The SMILES string of the molecule is CCCc1c(-c2ccc(C)cc2F)nn(C)c1N. The number of nitrogens with zero attached hydrogens (tertiary/aromatic N) is 2. The quantitative estimate of drug-likeness (QED) is 0.905. The van der Waals surface area contributed by atoms with Crippen LogP contribution in [0.15, 0.2) is 18.2 Å². The Labute approximate surface area is 106 Å². The highest BCUT2D eigenvalue weighted by Crippen LogP contribution is 2.30. The Morgan fingerprint density at radius 3 is 2.72 bits per heavy atom. The molecule has 96 valence electrons. The van der Waals surface area contributed by atoms with Crippen molar-refractivity contribution >= 4 is 5.82 Å². The van der Waals surface area contributed by atoms with E-state index in [1.54, 1.807) is 17.8 Å². The molecule has 0 spiro atoms. The second-order valence-corrected chi connectivity index (χ2v) is 4.57. The number of anilines is 1. The summed E-state index contributed by atoms with van der Waals surface area (Å²) in [6, 6.07) is 5.18. The molecule has 0 unspecified atom stereocenters. The van der Waals surface area contributed by atoms with E-state index in [1.165, 1.54) is 6.07 Å². The van der Waals surface area contributed by atoms with E-state index in [1.807, 2.05) is 13.0 Å². The smallest absolute Gasteiger partial charge is 0.132 e. The minimum Gasteiger partial charge on any atom is -0.384 e. The molecule has 0 bridgehead atoms. The maximum atomic E-state index is 14.0. The highest BCUT2D eigenvalue weighted by molar-refractivity contribution is 5.69. The Morgan fingerprint density at radius 1 is 1.39 bits per heavy atom. The summed E-state index contributed by atoms with van der Waals surface area (Å²) < 4.78 is 15.6. The van der Waals surface area contributed by atoms with Gasteiger partial charge in [0.05, 0.1) is 0 Å².